The zero-order valence-corrected chi connectivity index (χ0v) is 12.4. The van der Waals surface area contributed by atoms with E-state index in [-0.39, 0.29) is 24.1 Å². The Hall–Kier alpha value is -2.27. The van der Waals surface area contributed by atoms with Gasteiger partial charge in [0.15, 0.2) is 0 Å². The van der Waals surface area contributed by atoms with Gasteiger partial charge in [-0.05, 0) is 42.4 Å². The molecule has 2 rings (SSSR count). The Morgan fingerprint density at radius 3 is 2.45 bits per heavy atom. The van der Waals surface area contributed by atoms with Crippen LogP contribution in [0, 0.1) is 11.6 Å². The molecule has 0 saturated heterocycles. The molecule has 0 aliphatic heterocycles. The molecule has 1 N–H and O–H groups in total. The normalized spacial score (nSPS) is 10.7. The highest BCUT2D eigenvalue weighted by Gasteiger charge is 2.07. The van der Waals surface area contributed by atoms with Crippen LogP contribution in [0.1, 0.15) is 11.1 Å². The van der Waals surface area contributed by atoms with Gasteiger partial charge in [0.05, 0.1) is 6.54 Å². The molecule has 1 amide bonds. The number of carbonyl (C=O) groups is 1. The van der Waals surface area contributed by atoms with Crippen molar-refractivity contribution in [3.8, 4) is 0 Å². The molecule has 3 nitrogen and oxygen atoms in total. The minimum Gasteiger partial charge on any atom is -0.351 e. The maximum absolute atomic E-state index is 13.1. The standard InChI is InChI=1S/C17H18F2N2O/c1-21(11-14-3-2-4-16(19)9-14)12-17(22)20-10-13-5-7-15(18)8-6-13/h2-9H,10-12H2,1H3,(H,20,22). The molecule has 0 radical (unpaired) electrons. The van der Waals surface area contributed by atoms with Gasteiger partial charge in [0.2, 0.25) is 5.91 Å². The molecule has 0 bridgehead atoms. The van der Waals surface area contributed by atoms with Crippen LogP contribution in [0.15, 0.2) is 48.5 Å². The Balaban J connectivity index is 1.77. The van der Waals surface area contributed by atoms with Gasteiger partial charge in [0.25, 0.3) is 0 Å². The largest absolute Gasteiger partial charge is 0.351 e. The lowest BCUT2D eigenvalue weighted by atomic mass is 10.2. The van der Waals surface area contributed by atoms with Gasteiger partial charge in [-0.25, -0.2) is 8.78 Å². The molecule has 0 aromatic heterocycles. The second-order valence-corrected chi connectivity index (χ2v) is 5.21. The van der Waals surface area contributed by atoms with E-state index in [0.29, 0.717) is 13.1 Å². The summed E-state index contributed by atoms with van der Waals surface area (Å²) in [6, 6.07) is 12.3. The first kappa shape index (κ1) is 16.1. The second-order valence-electron chi connectivity index (χ2n) is 5.21. The molecule has 2 aromatic carbocycles. The number of likely N-dealkylation sites (N-methyl/N-ethyl adjacent to an activating group) is 1. The van der Waals surface area contributed by atoms with Crippen LogP contribution in [0.5, 0.6) is 0 Å². The van der Waals surface area contributed by atoms with Crippen molar-refractivity contribution < 1.29 is 13.6 Å². The molecule has 116 valence electrons. The van der Waals surface area contributed by atoms with Crippen molar-refractivity contribution in [2.45, 2.75) is 13.1 Å². The van der Waals surface area contributed by atoms with E-state index in [4.69, 9.17) is 0 Å². The Labute approximate surface area is 128 Å². The van der Waals surface area contributed by atoms with Gasteiger partial charge in [-0.1, -0.05) is 24.3 Å². The minimum absolute atomic E-state index is 0.136. The fourth-order valence-corrected chi connectivity index (χ4v) is 2.11. The first-order valence-electron chi connectivity index (χ1n) is 6.97. The van der Waals surface area contributed by atoms with E-state index < -0.39 is 0 Å². The summed E-state index contributed by atoms with van der Waals surface area (Å²) >= 11 is 0. The third-order valence-electron chi connectivity index (χ3n) is 3.16. The lowest BCUT2D eigenvalue weighted by Crippen LogP contribution is -2.34. The summed E-state index contributed by atoms with van der Waals surface area (Å²) in [6.07, 6.45) is 0. The Kier molecular flexibility index (Phi) is 5.61. The number of benzene rings is 2. The summed E-state index contributed by atoms with van der Waals surface area (Å²) in [5, 5.41) is 2.77. The molecule has 22 heavy (non-hydrogen) atoms. The number of rotatable bonds is 6. The second kappa shape index (κ2) is 7.66. The van der Waals surface area contributed by atoms with Crippen LogP contribution < -0.4 is 5.32 Å². The zero-order chi connectivity index (χ0) is 15.9. The fourth-order valence-electron chi connectivity index (χ4n) is 2.11. The molecule has 0 heterocycles. The lowest BCUT2D eigenvalue weighted by molar-refractivity contribution is -0.122. The third kappa shape index (κ3) is 5.26. The summed E-state index contributed by atoms with van der Waals surface area (Å²) < 4.78 is 25.9. The van der Waals surface area contributed by atoms with E-state index in [1.165, 1.54) is 24.3 Å². The van der Waals surface area contributed by atoms with E-state index in [9.17, 15) is 13.6 Å². The number of hydrogen-bond donors (Lipinski definition) is 1. The first-order chi connectivity index (χ1) is 10.5. The molecule has 5 heteroatoms. The molecular formula is C17H18F2N2O. The van der Waals surface area contributed by atoms with Crippen LogP contribution in [0.3, 0.4) is 0 Å². The fraction of sp³-hybridized carbons (Fsp3) is 0.235. The SMILES string of the molecule is CN(CC(=O)NCc1ccc(F)cc1)Cc1cccc(F)c1. The van der Waals surface area contributed by atoms with E-state index in [2.05, 4.69) is 5.32 Å². The molecule has 0 aliphatic rings. The molecule has 0 saturated carbocycles. The highest BCUT2D eigenvalue weighted by Crippen LogP contribution is 2.06. The summed E-state index contributed by atoms with van der Waals surface area (Å²) in [7, 11) is 1.79. The van der Waals surface area contributed by atoms with E-state index in [1.807, 2.05) is 6.07 Å². The van der Waals surface area contributed by atoms with Crippen molar-refractivity contribution in [1.29, 1.82) is 0 Å². The van der Waals surface area contributed by atoms with Crippen LogP contribution in [0.2, 0.25) is 0 Å². The molecule has 0 spiro atoms. The monoisotopic (exact) mass is 304 g/mol. The lowest BCUT2D eigenvalue weighted by Gasteiger charge is -2.16. The molecular weight excluding hydrogens is 286 g/mol. The average molecular weight is 304 g/mol. The maximum Gasteiger partial charge on any atom is 0.234 e. The van der Waals surface area contributed by atoms with Gasteiger partial charge >= 0.3 is 0 Å². The van der Waals surface area contributed by atoms with Gasteiger partial charge in [0.1, 0.15) is 11.6 Å². The third-order valence-corrected chi connectivity index (χ3v) is 3.16. The predicted octanol–water partition coefficient (Wildman–Crippen LogP) is 2.71. The molecule has 0 aliphatic carbocycles. The van der Waals surface area contributed by atoms with Gasteiger partial charge in [-0.3, -0.25) is 9.69 Å². The Bertz CT molecular complexity index is 629. The van der Waals surface area contributed by atoms with Crippen LogP contribution in [-0.4, -0.2) is 24.4 Å². The van der Waals surface area contributed by atoms with E-state index in [0.717, 1.165) is 11.1 Å². The summed E-state index contributed by atoms with van der Waals surface area (Å²) in [6.45, 7) is 1.05. The molecule has 0 fully saturated rings. The minimum atomic E-state index is -0.301. The summed E-state index contributed by atoms with van der Waals surface area (Å²) in [5.41, 5.74) is 1.65. The smallest absolute Gasteiger partial charge is 0.234 e. The van der Waals surface area contributed by atoms with Gasteiger partial charge in [0, 0.05) is 13.1 Å². The number of nitrogens with zero attached hydrogens (tertiary/aromatic N) is 1. The highest BCUT2D eigenvalue weighted by molar-refractivity contribution is 5.77. The Morgan fingerprint density at radius 2 is 1.77 bits per heavy atom. The van der Waals surface area contributed by atoms with Gasteiger partial charge in [-0.15, -0.1) is 0 Å². The van der Waals surface area contributed by atoms with E-state index in [1.54, 1.807) is 30.1 Å². The highest BCUT2D eigenvalue weighted by atomic mass is 19.1. The van der Waals surface area contributed by atoms with Gasteiger partial charge < -0.3 is 5.32 Å². The quantitative estimate of drug-likeness (QED) is 0.890. The van der Waals surface area contributed by atoms with Crippen molar-refractivity contribution in [1.82, 2.24) is 10.2 Å². The van der Waals surface area contributed by atoms with Crippen molar-refractivity contribution in [3.63, 3.8) is 0 Å². The van der Waals surface area contributed by atoms with Crippen molar-refractivity contribution in [2.24, 2.45) is 0 Å². The molecule has 0 atom stereocenters. The molecule has 2 aromatic rings. The van der Waals surface area contributed by atoms with Crippen LogP contribution in [0.25, 0.3) is 0 Å². The maximum atomic E-state index is 13.1. The predicted molar refractivity (Wildman–Crippen MR) is 81.0 cm³/mol. The van der Waals surface area contributed by atoms with Crippen LogP contribution >= 0.6 is 0 Å². The van der Waals surface area contributed by atoms with Gasteiger partial charge in [-0.2, -0.15) is 0 Å². The molecule has 0 unspecified atom stereocenters. The number of halogens is 2. The topological polar surface area (TPSA) is 32.3 Å². The first-order valence-corrected chi connectivity index (χ1v) is 6.97. The van der Waals surface area contributed by atoms with Crippen molar-refractivity contribution in [2.75, 3.05) is 13.6 Å². The average Bonchev–Trinajstić information content (AvgIpc) is 2.46. The number of carbonyl (C=O) groups excluding carboxylic acids is 1. The number of nitrogens with one attached hydrogen (secondary N) is 1. The number of amides is 1. The Morgan fingerprint density at radius 1 is 1.05 bits per heavy atom. The van der Waals surface area contributed by atoms with E-state index >= 15 is 0 Å². The van der Waals surface area contributed by atoms with Crippen LogP contribution in [0.4, 0.5) is 8.78 Å². The van der Waals surface area contributed by atoms with Crippen molar-refractivity contribution >= 4 is 5.91 Å². The van der Waals surface area contributed by atoms with Crippen molar-refractivity contribution in [3.05, 3.63) is 71.3 Å². The number of hydrogen-bond acceptors (Lipinski definition) is 2. The summed E-state index contributed by atoms with van der Waals surface area (Å²) in [5.74, 6) is -0.722. The zero-order valence-electron chi connectivity index (χ0n) is 12.4. The summed E-state index contributed by atoms with van der Waals surface area (Å²) in [4.78, 5) is 13.7. The van der Waals surface area contributed by atoms with Crippen LogP contribution in [-0.2, 0) is 17.9 Å².